The van der Waals surface area contributed by atoms with Crippen LogP contribution >= 0.6 is 0 Å². The highest BCUT2D eigenvalue weighted by atomic mass is 16.1. The summed E-state index contributed by atoms with van der Waals surface area (Å²) in [5, 5.41) is 6.20. The molecule has 0 aromatic rings. The van der Waals surface area contributed by atoms with Gasteiger partial charge in [-0.25, -0.2) is 0 Å². The van der Waals surface area contributed by atoms with E-state index in [0.717, 1.165) is 30.8 Å². The van der Waals surface area contributed by atoms with Gasteiger partial charge < -0.3 is 10.6 Å². The minimum atomic E-state index is 0.157. The van der Waals surface area contributed by atoms with Crippen LogP contribution in [-0.4, -0.2) is 25.5 Å². The normalized spacial score (nSPS) is 22.5. The molecule has 0 aromatic carbocycles. The second-order valence-electron chi connectivity index (χ2n) is 5.19. The molecule has 15 heavy (non-hydrogen) atoms. The average molecular weight is 210 g/mol. The third-order valence-corrected chi connectivity index (χ3v) is 3.46. The fourth-order valence-corrected chi connectivity index (χ4v) is 1.89. The monoisotopic (exact) mass is 210 g/mol. The lowest BCUT2D eigenvalue weighted by Gasteiger charge is -2.11. The summed E-state index contributed by atoms with van der Waals surface area (Å²) in [6, 6.07) is 0. The molecule has 1 unspecified atom stereocenters. The highest BCUT2D eigenvalue weighted by Crippen LogP contribution is 2.35. The second kappa shape index (κ2) is 4.97. The smallest absolute Gasteiger partial charge is 0.233 e. The number of carbonyl (C=O) groups excluding carboxylic acids is 1. The van der Waals surface area contributed by atoms with Crippen molar-refractivity contribution >= 4 is 5.91 Å². The zero-order valence-corrected chi connectivity index (χ0v) is 9.59. The minimum absolute atomic E-state index is 0.157. The van der Waals surface area contributed by atoms with Crippen molar-refractivity contribution in [2.75, 3.05) is 19.6 Å². The van der Waals surface area contributed by atoms with Crippen molar-refractivity contribution in [3.63, 3.8) is 0 Å². The highest BCUT2D eigenvalue weighted by Gasteiger charge is 2.27. The Morgan fingerprint density at radius 2 is 2.07 bits per heavy atom. The molecule has 0 aliphatic heterocycles. The van der Waals surface area contributed by atoms with E-state index in [1.807, 2.05) is 0 Å². The van der Waals surface area contributed by atoms with Crippen molar-refractivity contribution in [1.29, 1.82) is 0 Å². The predicted octanol–water partition coefficient (Wildman–Crippen LogP) is 1.15. The highest BCUT2D eigenvalue weighted by molar-refractivity contribution is 5.77. The third kappa shape index (κ3) is 4.20. The molecular weight excluding hydrogens is 188 g/mol. The molecular formula is C12H22N2O. The van der Waals surface area contributed by atoms with Gasteiger partial charge in [0.05, 0.1) is 6.54 Å². The van der Waals surface area contributed by atoms with Gasteiger partial charge in [0.25, 0.3) is 0 Å². The first kappa shape index (κ1) is 10.9. The fourth-order valence-electron chi connectivity index (χ4n) is 1.89. The van der Waals surface area contributed by atoms with E-state index in [1.54, 1.807) is 0 Å². The number of hydrogen-bond acceptors (Lipinski definition) is 2. The summed E-state index contributed by atoms with van der Waals surface area (Å²) in [5.74, 6) is 2.59. The van der Waals surface area contributed by atoms with E-state index in [-0.39, 0.29) is 5.91 Å². The van der Waals surface area contributed by atoms with Gasteiger partial charge in [0.2, 0.25) is 5.91 Å². The van der Waals surface area contributed by atoms with Crippen LogP contribution in [0.4, 0.5) is 0 Å². The maximum Gasteiger partial charge on any atom is 0.233 e. The molecule has 0 spiro atoms. The van der Waals surface area contributed by atoms with Crippen LogP contribution in [0.25, 0.3) is 0 Å². The summed E-state index contributed by atoms with van der Waals surface area (Å²) < 4.78 is 0. The Balaban J connectivity index is 1.46. The van der Waals surface area contributed by atoms with Gasteiger partial charge in [0.1, 0.15) is 0 Å². The van der Waals surface area contributed by atoms with Crippen molar-refractivity contribution in [2.24, 2.45) is 17.8 Å². The lowest BCUT2D eigenvalue weighted by molar-refractivity contribution is -0.120. The molecule has 2 saturated carbocycles. The number of hydrogen-bond donors (Lipinski definition) is 2. The summed E-state index contributed by atoms with van der Waals surface area (Å²) in [6.07, 6.45) is 5.37. The molecule has 0 bridgehead atoms. The Hall–Kier alpha value is -0.570. The average Bonchev–Trinajstić information content (AvgIpc) is 3.04. The van der Waals surface area contributed by atoms with Gasteiger partial charge in [-0.1, -0.05) is 6.92 Å². The summed E-state index contributed by atoms with van der Waals surface area (Å²) >= 11 is 0. The van der Waals surface area contributed by atoms with Crippen LogP contribution in [0.15, 0.2) is 0 Å². The lowest BCUT2D eigenvalue weighted by atomic mass is 10.1. The number of nitrogens with one attached hydrogen (secondary N) is 2. The molecule has 0 saturated heterocycles. The standard InChI is InChI=1S/C12H22N2O/c1-9(11-4-5-11)6-13-8-12(15)14-7-10-2-3-10/h9-11,13H,2-8H2,1H3,(H,14,15). The molecule has 0 radical (unpaired) electrons. The van der Waals surface area contributed by atoms with E-state index in [9.17, 15) is 4.79 Å². The van der Waals surface area contributed by atoms with E-state index in [0.29, 0.717) is 6.54 Å². The minimum Gasteiger partial charge on any atom is -0.355 e. The van der Waals surface area contributed by atoms with Gasteiger partial charge in [0, 0.05) is 6.54 Å². The summed E-state index contributed by atoms with van der Waals surface area (Å²) in [5.41, 5.74) is 0. The largest absolute Gasteiger partial charge is 0.355 e. The number of carbonyl (C=O) groups is 1. The fraction of sp³-hybridized carbons (Fsp3) is 0.917. The van der Waals surface area contributed by atoms with Gasteiger partial charge in [-0.2, -0.15) is 0 Å². The first-order valence-corrected chi connectivity index (χ1v) is 6.23. The van der Waals surface area contributed by atoms with Crippen LogP contribution in [0.2, 0.25) is 0 Å². The number of amides is 1. The molecule has 86 valence electrons. The molecule has 1 atom stereocenters. The maximum absolute atomic E-state index is 11.4. The zero-order chi connectivity index (χ0) is 10.7. The topological polar surface area (TPSA) is 41.1 Å². The van der Waals surface area contributed by atoms with Crippen LogP contribution < -0.4 is 10.6 Å². The molecule has 2 fully saturated rings. The quantitative estimate of drug-likeness (QED) is 0.662. The molecule has 0 aromatic heterocycles. The van der Waals surface area contributed by atoms with Gasteiger partial charge >= 0.3 is 0 Å². The first-order valence-electron chi connectivity index (χ1n) is 6.23. The molecule has 3 nitrogen and oxygen atoms in total. The first-order chi connectivity index (χ1) is 7.25. The maximum atomic E-state index is 11.4. The van der Waals surface area contributed by atoms with Gasteiger partial charge in [-0.15, -0.1) is 0 Å². The Bertz CT molecular complexity index is 222. The van der Waals surface area contributed by atoms with Crippen molar-refractivity contribution in [1.82, 2.24) is 10.6 Å². The summed E-state index contributed by atoms with van der Waals surface area (Å²) in [7, 11) is 0. The van der Waals surface area contributed by atoms with E-state index < -0.39 is 0 Å². The van der Waals surface area contributed by atoms with Crippen LogP contribution in [0, 0.1) is 17.8 Å². The number of rotatable bonds is 7. The Morgan fingerprint density at radius 3 is 2.67 bits per heavy atom. The SMILES string of the molecule is CC(CNCC(=O)NCC1CC1)C1CC1. The van der Waals surface area contributed by atoms with Gasteiger partial charge in [-0.05, 0) is 50.0 Å². The molecule has 0 heterocycles. The van der Waals surface area contributed by atoms with Crippen molar-refractivity contribution in [3.05, 3.63) is 0 Å². The van der Waals surface area contributed by atoms with Crippen LogP contribution in [-0.2, 0) is 4.79 Å². The summed E-state index contributed by atoms with van der Waals surface area (Å²) in [6.45, 7) is 4.64. The third-order valence-electron chi connectivity index (χ3n) is 3.46. The molecule has 1 amide bonds. The van der Waals surface area contributed by atoms with Gasteiger partial charge in [-0.3, -0.25) is 4.79 Å². The Kier molecular flexibility index (Phi) is 3.62. The van der Waals surface area contributed by atoms with Crippen molar-refractivity contribution < 1.29 is 4.79 Å². The van der Waals surface area contributed by atoms with E-state index in [4.69, 9.17) is 0 Å². The Labute approximate surface area is 92.0 Å². The molecule has 2 N–H and O–H groups in total. The molecule has 3 heteroatoms. The van der Waals surface area contributed by atoms with Crippen molar-refractivity contribution in [2.45, 2.75) is 32.6 Å². The molecule has 2 rings (SSSR count). The van der Waals surface area contributed by atoms with E-state index in [2.05, 4.69) is 17.6 Å². The van der Waals surface area contributed by atoms with Gasteiger partial charge in [0.15, 0.2) is 0 Å². The predicted molar refractivity (Wildman–Crippen MR) is 60.5 cm³/mol. The van der Waals surface area contributed by atoms with Crippen molar-refractivity contribution in [3.8, 4) is 0 Å². The molecule has 2 aliphatic rings. The van der Waals surface area contributed by atoms with E-state index in [1.165, 1.54) is 25.7 Å². The zero-order valence-electron chi connectivity index (χ0n) is 9.59. The van der Waals surface area contributed by atoms with Crippen LogP contribution in [0.1, 0.15) is 32.6 Å². The van der Waals surface area contributed by atoms with E-state index >= 15 is 0 Å². The summed E-state index contributed by atoms with van der Waals surface area (Å²) in [4.78, 5) is 11.4. The van der Waals surface area contributed by atoms with Crippen LogP contribution in [0.3, 0.4) is 0 Å². The van der Waals surface area contributed by atoms with Crippen LogP contribution in [0.5, 0.6) is 0 Å². The lowest BCUT2D eigenvalue weighted by Crippen LogP contribution is -2.36. The molecule has 2 aliphatic carbocycles. The second-order valence-corrected chi connectivity index (χ2v) is 5.19. The Morgan fingerprint density at radius 1 is 1.33 bits per heavy atom.